The highest BCUT2D eigenvalue weighted by molar-refractivity contribution is 6.04. The average Bonchev–Trinajstić information content (AvgIpc) is 2.82. The summed E-state index contributed by atoms with van der Waals surface area (Å²) in [6, 6.07) is 7.11. The summed E-state index contributed by atoms with van der Waals surface area (Å²) in [5, 5.41) is 3.14. The molecule has 4 heteroatoms. The minimum absolute atomic E-state index is 0.0629. The molecule has 0 radical (unpaired) electrons. The zero-order valence-electron chi connectivity index (χ0n) is 12.8. The number of hydrogen-bond acceptors (Lipinski definition) is 2. The van der Waals surface area contributed by atoms with Crippen LogP contribution in [0.3, 0.4) is 0 Å². The van der Waals surface area contributed by atoms with Gasteiger partial charge in [-0.25, -0.2) is 0 Å². The first kappa shape index (κ1) is 14.8. The lowest BCUT2D eigenvalue weighted by atomic mass is 9.95. The van der Waals surface area contributed by atoms with E-state index in [4.69, 9.17) is 0 Å². The van der Waals surface area contributed by atoms with Gasteiger partial charge in [-0.1, -0.05) is 43.5 Å². The Hall–Kier alpha value is -2.10. The van der Waals surface area contributed by atoms with Crippen LogP contribution in [0.1, 0.15) is 54.1 Å². The Balaban J connectivity index is 1.83. The first-order chi connectivity index (χ1) is 10.7. The number of hydrogen-bond donors (Lipinski definition) is 1. The van der Waals surface area contributed by atoms with E-state index in [2.05, 4.69) is 11.9 Å². The Kier molecular flexibility index (Phi) is 4.27. The topological polar surface area (TPSA) is 49.4 Å². The molecule has 1 fully saturated rings. The second-order valence-corrected chi connectivity index (χ2v) is 6.08. The molecule has 4 nitrogen and oxygen atoms in total. The van der Waals surface area contributed by atoms with E-state index in [1.807, 2.05) is 18.2 Å². The minimum Gasteiger partial charge on any atom is -0.351 e. The molecule has 0 aromatic heterocycles. The van der Waals surface area contributed by atoms with E-state index in [0.717, 1.165) is 18.4 Å². The molecule has 22 heavy (non-hydrogen) atoms. The highest BCUT2D eigenvalue weighted by atomic mass is 16.2. The van der Waals surface area contributed by atoms with Gasteiger partial charge >= 0.3 is 0 Å². The Morgan fingerprint density at radius 3 is 2.73 bits per heavy atom. The Morgan fingerprint density at radius 2 is 2.00 bits per heavy atom. The van der Waals surface area contributed by atoms with Crippen LogP contribution < -0.4 is 5.32 Å². The molecule has 1 atom stereocenters. The number of nitrogens with zero attached hydrogens (tertiary/aromatic N) is 1. The van der Waals surface area contributed by atoms with Crippen LogP contribution in [0.5, 0.6) is 0 Å². The number of amides is 2. The molecule has 1 N–H and O–H groups in total. The molecular formula is C18H22N2O2. The van der Waals surface area contributed by atoms with Crippen molar-refractivity contribution in [3.05, 3.63) is 48.0 Å². The minimum atomic E-state index is -0.524. The van der Waals surface area contributed by atoms with Crippen LogP contribution in [0.25, 0.3) is 0 Å². The summed E-state index contributed by atoms with van der Waals surface area (Å²) < 4.78 is 0. The number of carbonyl (C=O) groups is 2. The van der Waals surface area contributed by atoms with Crippen LogP contribution in [0.4, 0.5) is 0 Å². The van der Waals surface area contributed by atoms with Crippen LogP contribution in [-0.2, 0) is 4.79 Å². The summed E-state index contributed by atoms with van der Waals surface area (Å²) in [5.74, 6) is -0.147. The molecule has 116 valence electrons. The van der Waals surface area contributed by atoms with Crippen molar-refractivity contribution in [2.24, 2.45) is 0 Å². The van der Waals surface area contributed by atoms with Gasteiger partial charge in [0.2, 0.25) is 5.91 Å². The normalized spacial score (nSPS) is 21.5. The fourth-order valence-electron chi connectivity index (χ4n) is 3.51. The smallest absolute Gasteiger partial charge is 0.255 e. The lowest BCUT2D eigenvalue weighted by Gasteiger charge is -2.28. The Labute approximate surface area is 131 Å². The molecule has 1 heterocycles. The van der Waals surface area contributed by atoms with Gasteiger partial charge in [-0.05, 0) is 24.5 Å². The number of nitrogens with one attached hydrogen (secondary N) is 1. The number of carbonyl (C=O) groups excluding carboxylic acids is 2. The van der Waals surface area contributed by atoms with E-state index in [-0.39, 0.29) is 17.9 Å². The van der Waals surface area contributed by atoms with Crippen molar-refractivity contribution < 1.29 is 9.59 Å². The number of fused-ring (bicyclic) bond motifs is 1. The van der Waals surface area contributed by atoms with Gasteiger partial charge in [-0.3, -0.25) is 9.59 Å². The van der Waals surface area contributed by atoms with Gasteiger partial charge in [0.1, 0.15) is 6.04 Å². The number of rotatable bonds is 4. The lowest BCUT2D eigenvalue weighted by molar-refractivity contribution is -0.126. The van der Waals surface area contributed by atoms with Crippen molar-refractivity contribution in [3.63, 3.8) is 0 Å². The zero-order valence-corrected chi connectivity index (χ0v) is 12.8. The second-order valence-electron chi connectivity index (χ2n) is 6.08. The Morgan fingerprint density at radius 1 is 1.27 bits per heavy atom. The molecule has 1 unspecified atom stereocenters. The molecule has 1 aliphatic heterocycles. The maximum atomic E-state index is 12.8. The van der Waals surface area contributed by atoms with Crippen molar-refractivity contribution in [2.45, 2.75) is 44.2 Å². The van der Waals surface area contributed by atoms with Crippen molar-refractivity contribution in [2.75, 3.05) is 6.54 Å². The van der Waals surface area contributed by atoms with Crippen molar-refractivity contribution in [3.8, 4) is 0 Å². The summed E-state index contributed by atoms with van der Waals surface area (Å²) in [6.07, 6.45) is 7.33. The van der Waals surface area contributed by atoms with Crippen LogP contribution in [-0.4, -0.2) is 29.3 Å². The van der Waals surface area contributed by atoms with E-state index in [0.29, 0.717) is 12.1 Å². The van der Waals surface area contributed by atoms with E-state index in [1.54, 1.807) is 17.0 Å². The quantitative estimate of drug-likeness (QED) is 0.869. The molecule has 0 bridgehead atoms. The lowest BCUT2D eigenvalue weighted by Crippen LogP contribution is -2.44. The molecule has 3 rings (SSSR count). The van der Waals surface area contributed by atoms with E-state index in [1.165, 1.54) is 19.3 Å². The second kappa shape index (κ2) is 6.34. The van der Waals surface area contributed by atoms with Crippen molar-refractivity contribution >= 4 is 11.8 Å². The van der Waals surface area contributed by atoms with Gasteiger partial charge in [0, 0.05) is 18.2 Å². The first-order valence-corrected chi connectivity index (χ1v) is 8.03. The SMILES string of the molecule is C=CCN1C(=O)c2ccccc2C1C(=O)NC1CCCCC1. The van der Waals surface area contributed by atoms with Gasteiger partial charge in [0.15, 0.2) is 0 Å². The first-order valence-electron chi connectivity index (χ1n) is 8.03. The summed E-state index contributed by atoms with van der Waals surface area (Å²) in [5.41, 5.74) is 1.44. The third kappa shape index (κ3) is 2.65. The standard InChI is InChI=1S/C18H22N2O2/c1-2-12-20-16(14-10-6-7-11-15(14)18(20)22)17(21)19-13-8-4-3-5-9-13/h2,6-7,10-11,13,16H,1,3-5,8-9,12H2,(H,19,21). The molecule has 1 aliphatic carbocycles. The summed E-state index contributed by atoms with van der Waals surface area (Å²) >= 11 is 0. The molecule has 0 saturated heterocycles. The zero-order chi connectivity index (χ0) is 15.5. The third-order valence-corrected chi connectivity index (χ3v) is 4.58. The summed E-state index contributed by atoms with van der Waals surface area (Å²) in [6.45, 7) is 4.09. The van der Waals surface area contributed by atoms with E-state index < -0.39 is 6.04 Å². The number of benzene rings is 1. The molecule has 0 spiro atoms. The van der Waals surface area contributed by atoms with Crippen LogP contribution >= 0.6 is 0 Å². The summed E-state index contributed by atoms with van der Waals surface area (Å²) in [4.78, 5) is 26.9. The Bertz CT molecular complexity index is 591. The van der Waals surface area contributed by atoms with E-state index in [9.17, 15) is 9.59 Å². The van der Waals surface area contributed by atoms with Crippen molar-refractivity contribution in [1.82, 2.24) is 10.2 Å². The summed E-state index contributed by atoms with van der Waals surface area (Å²) in [7, 11) is 0. The van der Waals surface area contributed by atoms with Crippen LogP contribution in [0.2, 0.25) is 0 Å². The van der Waals surface area contributed by atoms with Crippen molar-refractivity contribution in [1.29, 1.82) is 0 Å². The van der Waals surface area contributed by atoms with Crippen LogP contribution in [0, 0.1) is 0 Å². The maximum absolute atomic E-state index is 12.8. The molecule has 1 aromatic carbocycles. The predicted molar refractivity (Wildman–Crippen MR) is 85.4 cm³/mol. The van der Waals surface area contributed by atoms with Gasteiger partial charge in [-0.2, -0.15) is 0 Å². The average molecular weight is 298 g/mol. The molecular weight excluding hydrogens is 276 g/mol. The fraction of sp³-hybridized carbons (Fsp3) is 0.444. The largest absolute Gasteiger partial charge is 0.351 e. The highest BCUT2D eigenvalue weighted by Crippen LogP contribution is 2.34. The predicted octanol–water partition coefficient (Wildman–Crippen LogP) is 2.82. The monoisotopic (exact) mass is 298 g/mol. The highest BCUT2D eigenvalue weighted by Gasteiger charge is 2.40. The van der Waals surface area contributed by atoms with Crippen LogP contribution in [0.15, 0.2) is 36.9 Å². The van der Waals surface area contributed by atoms with Gasteiger partial charge in [0.25, 0.3) is 5.91 Å². The van der Waals surface area contributed by atoms with Gasteiger partial charge in [0.05, 0.1) is 0 Å². The fourth-order valence-corrected chi connectivity index (χ4v) is 3.51. The van der Waals surface area contributed by atoms with Gasteiger partial charge in [-0.15, -0.1) is 6.58 Å². The molecule has 1 saturated carbocycles. The third-order valence-electron chi connectivity index (χ3n) is 4.58. The van der Waals surface area contributed by atoms with E-state index >= 15 is 0 Å². The van der Waals surface area contributed by atoms with Gasteiger partial charge < -0.3 is 10.2 Å². The molecule has 2 amide bonds. The molecule has 1 aromatic rings. The molecule has 2 aliphatic rings. The maximum Gasteiger partial charge on any atom is 0.255 e.